The molecule has 0 spiro atoms. The van der Waals surface area contributed by atoms with Crippen LogP contribution in [0.4, 0.5) is 8.78 Å². The normalized spacial score (nSPS) is 10.7. The highest BCUT2D eigenvalue weighted by molar-refractivity contribution is 6.30. The van der Waals surface area contributed by atoms with Gasteiger partial charge in [-0.15, -0.1) is 15.0 Å². The first kappa shape index (κ1) is 14.3. The molecule has 0 amide bonds. The predicted molar refractivity (Wildman–Crippen MR) is 71.4 cm³/mol. The van der Waals surface area contributed by atoms with Gasteiger partial charge in [0.1, 0.15) is 17.1 Å². The number of hydrogen-bond donors (Lipinski definition) is 0. The van der Waals surface area contributed by atoms with Gasteiger partial charge in [0.05, 0.1) is 17.4 Å². The minimum atomic E-state index is -0.974. The van der Waals surface area contributed by atoms with Gasteiger partial charge in [0.2, 0.25) is 12.6 Å². The molecule has 0 N–H and O–H groups in total. The van der Waals surface area contributed by atoms with E-state index in [4.69, 9.17) is 16.3 Å². The minimum absolute atomic E-state index is 0.0332. The van der Waals surface area contributed by atoms with Gasteiger partial charge < -0.3 is 4.74 Å². The van der Waals surface area contributed by atoms with Gasteiger partial charge in [0.15, 0.2) is 0 Å². The summed E-state index contributed by atoms with van der Waals surface area (Å²) < 4.78 is 32.0. The molecule has 0 aliphatic heterocycles. The number of benzene rings is 1. The number of ether oxygens (including phenoxy) is 1. The molecule has 2 heterocycles. The van der Waals surface area contributed by atoms with Gasteiger partial charge in [0, 0.05) is 0 Å². The summed E-state index contributed by atoms with van der Waals surface area (Å²) in [5.74, 6) is -0.690. The Bertz CT molecular complexity index is 795. The van der Waals surface area contributed by atoms with Gasteiger partial charge in [-0.3, -0.25) is 0 Å². The average Bonchev–Trinajstić information content (AvgIpc) is 2.98. The van der Waals surface area contributed by atoms with Crippen molar-refractivity contribution in [3.8, 4) is 23.1 Å². The number of nitrogens with zero attached hydrogens (tertiary/aromatic N) is 6. The number of rotatable bonds is 4. The van der Waals surface area contributed by atoms with E-state index in [2.05, 4.69) is 25.4 Å². The summed E-state index contributed by atoms with van der Waals surface area (Å²) in [6.07, 6.45) is 2.67. The summed E-state index contributed by atoms with van der Waals surface area (Å²) in [7, 11) is 0. The van der Waals surface area contributed by atoms with Crippen molar-refractivity contribution in [1.29, 1.82) is 0 Å². The monoisotopic (exact) mass is 324 g/mol. The third-order valence-electron chi connectivity index (χ3n) is 2.56. The zero-order valence-electron chi connectivity index (χ0n) is 10.8. The summed E-state index contributed by atoms with van der Waals surface area (Å²) in [6, 6.07) is 4.08. The highest BCUT2D eigenvalue weighted by Gasteiger charge is 2.18. The van der Waals surface area contributed by atoms with Gasteiger partial charge in [-0.1, -0.05) is 17.7 Å². The molecule has 22 heavy (non-hydrogen) atoms. The molecule has 7 nitrogen and oxygen atoms in total. The molecule has 0 fully saturated rings. The Morgan fingerprint density at radius 3 is 2.68 bits per heavy atom. The lowest BCUT2D eigenvalue weighted by molar-refractivity contribution is 0.314. The molecule has 3 aromatic rings. The first-order valence-corrected chi connectivity index (χ1v) is 6.33. The Labute approximate surface area is 127 Å². The van der Waals surface area contributed by atoms with E-state index in [0.29, 0.717) is 9.82 Å². The van der Waals surface area contributed by atoms with Crippen molar-refractivity contribution < 1.29 is 13.5 Å². The van der Waals surface area contributed by atoms with Crippen molar-refractivity contribution in [2.75, 3.05) is 0 Å². The first-order chi connectivity index (χ1) is 10.7. The molecule has 0 radical (unpaired) electrons. The molecule has 10 heteroatoms. The lowest BCUT2D eigenvalue weighted by Gasteiger charge is -2.07. The molecule has 112 valence electrons. The van der Waals surface area contributed by atoms with Crippen LogP contribution >= 0.6 is 11.6 Å². The molecule has 1 aromatic carbocycles. The lowest BCUT2D eigenvalue weighted by atomic mass is 10.2. The maximum atomic E-state index is 14.1. The molecule has 0 atom stereocenters. The number of halogens is 3. The average molecular weight is 325 g/mol. The third-order valence-corrected chi connectivity index (χ3v) is 2.75. The van der Waals surface area contributed by atoms with E-state index in [1.54, 1.807) is 0 Å². The number of tetrazole rings is 1. The van der Waals surface area contributed by atoms with E-state index < -0.39 is 12.6 Å². The van der Waals surface area contributed by atoms with Gasteiger partial charge in [-0.05, 0) is 17.3 Å². The standard InChI is InChI=1S/C12H7ClF2N6O/c13-7-4-16-12(17-5-7)22-9-3-1-2-8(15)10(9)11-18-20-21(6-14)19-11/h1-5H,6H2. The van der Waals surface area contributed by atoms with Crippen molar-refractivity contribution in [3.63, 3.8) is 0 Å². The summed E-state index contributed by atoms with van der Waals surface area (Å²) >= 11 is 5.68. The van der Waals surface area contributed by atoms with Crippen LogP contribution in [0.2, 0.25) is 5.02 Å². The molecular formula is C12H7ClF2N6O. The Balaban J connectivity index is 2.01. The number of alkyl halides is 1. The van der Waals surface area contributed by atoms with Crippen LogP contribution in [-0.4, -0.2) is 30.2 Å². The second-order valence-electron chi connectivity index (χ2n) is 4.00. The van der Waals surface area contributed by atoms with Crippen LogP contribution in [-0.2, 0) is 6.80 Å². The van der Waals surface area contributed by atoms with E-state index >= 15 is 0 Å². The van der Waals surface area contributed by atoms with E-state index in [9.17, 15) is 8.78 Å². The number of hydrogen-bond acceptors (Lipinski definition) is 6. The summed E-state index contributed by atoms with van der Waals surface area (Å²) in [4.78, 5) is 8.38. The van der Waals surface area contributed by atoms with Gasteiger partial charge in [-0.2, -0.15) is 0 Å². The SMILES string of the molecule is FCn1nnc(-c2c(F)cccc2Oc2ncc(Cl)cn2)n1. The van der Waals surface area contributed by atoms with Crippen LogP contribution in [0.25, 0.3) is 11.4 Å². The van der Waals surface area contributed by atoms with Crippen LogP contribution in [0.5, 0.6) is 11.8 Å². The summed E-state index contributed by atoms with van der Waals surface area (Å²) in [5.41, 5.74) is -0.0687. The van der Waals surface area contributed by atoms with Crippen molar-refractivity contribution in [1.82, 2.24) is 30.2 Å². The Hall–Kier alpha value is -2.68. The van der Waals surface area contributed by atoms with Crippen LogP contribution in [0, 0.1) is 5.82 Å². The number of aromatic nitrogens is 6. The fraction of sp³-hybridized carbons (Fsp3) is 0.0833. The first-order valence-electron chi connectivity index (χ1n) is 5.95. The van der Waals surface area contributed by atoms with Gasteiger partial charge in [-0.25, -0.2) is 18.7 Å². The lowest BCUT2D eigenvalue weighted by Crippen LogP contribution is -1.98. The Morgan fingerprint density at radius 2 is 2.00 bits per heavy atom. The van der Waals surface area contributed by atoms with Crippen molar-refractivity contribution in [2.24, 2.45) is 0 Å². The van der Waals surface area contributed by atoms with Crippen LogP contribution in [0.15, 0.2) is 30.6 Å². The van der Waals surface area contributed by atoms with Crippen molar-refractivity contribution >= 4 is 11.6 Å². The third kappa shape index (κ3) is 2.84. The molecule has 0 saturated carbocycles. The Kier molecular flexibility index (Phi) is 3.88. The van der Waals surface area contributed by atoms with E-state index in [1.807, 2.05) is 0 Å². The predicted octanol–water partition coefficient (Wildman–Crippen LogP) is 2.64. The molecule has 3 rings (SSSR count). The van der Waals surface area contributed by atoms with Crippen molar-refractivity contribution in [3.05, 3.63) is 41.4 Å². The molecule has 0 aliphatic carbocycles. The van der Waals surface area contributed by atoms with Crippen LogP contribution in [0.1, 0.15) is 0 Å². The largest absolute Gasteiger partial charge is 0.423 e. The van der Waals surface area contributed by atoms with Crippen LogP contribution in [0.3, 0.4) is 0 Å². The fourth-order valence-corrected chi connectivity index (χ4v) is 1.75. The molecule has 0 aliphatic rings. The highest BCUT2D eigenvalue weighted by atomic mass is 35.5. The second-order valence-corrected chi connectivity index (χ2v) is 4.44. The molecule has 0 saturated heterocycles. The summed E-state index contributed by atoms with van der Waals surface area (Å²) in [6.45, 7) is -0.974. The van der Waals surface area contributed by atoms with Crippen LogP contribution < -0.4 is 4.74 Å². The maximum Gasteiger partial charge on any atom is 0.321 e. The quantitative estimate of drug-likeness (QED) is 0.734. The maximum absolute atomic E-state index is 14.1. The van der Waals surface area contributed by atoms with E-state index in [-0.39, 0.29) is 23.1 Å². The second kappa shape index (κ2) is 5.98. The zero-order valence-corrected chi connectivity index (χ0v) is 11.6. The molecular weight excluding hydrogens is 318 g/mol. The highest BCUT2D eigenvalue weighted by Crippen LogP contribution is 2.32. The van der Waals surface area contributed by atoms with E-state index in [0.717, 1.165) is 0 Å². The minimum Gasteiger partial charge on any atom is -0.423 e. The van der Waals surface area contributed by atoms with Gasteiger partial charge in [0.25, 0.3) is 0 Å². The molecule has 0 unspecified atom stereocenters. The topological polar surface area (TPSA) is 78.6 Å². The molecule has 2 aromatic heterocycles. The smallest absolute Gasteiger partial charge is 0.321 e. The summed E-state index contributed by atoms with van der Waals surface area (Å²) in [5, 5.41) is 11.1. The van der Waals surface area contributed by atoms with E-state index in [1.165, 1.54) is 30.6 Å². The van der Waals surface area contributed by atoms with Crippen molar-refractivity contribution in [2.45, 2.75) is 6.80 Å². The zero-order chi connectivity index (χ0) is 15.5. The Morgan fingerprint density at radius 1 is 1.23 bits per heavy atom. The fourth-order valence-electron chi connectivity index (χ4n) is 1.65. The van der Waals surface area contributed by atoms with Gasteiger partial charge >= 0.3 is 6.01 Å². The molecule has 0 bridgehead atoms.